The summed E-state index contributed by atoms with van der Waals surface area (Å²) in [4.78, 5) is 12.0. The molecule has 0 unspecified atom stereocenters. The van der Waals surface area contributed by atoms with Crippen LogP contribution in [0.25, 0.3) is 11.1 Å². The summed E-state index contributed by atoms with van der Waals surface area (Å²) in [7, 11) is 0. The fourth-order valence-electron chi connectivity index (χ4n) is 2.10. The average Bonchev–Trinajstić information content (AvgIpc) is 2.44. The molecule has 1 amide bonds. The Kier molecular flexibility index (Phi) is 3.29. The first-order valence-electron chi connectivity index (χ1n) is 6.50. The predicted octanol–water partition coefficient (Wildman–Crippen LogP) is 2.06. The fourth-order valence-corrected chi connectivity index (χ4v) is 2.10. The normalized spacial score (nSPS) is 14.7. The molecule has 2 aromatic carbocycles. The molecule has 0 spiro atoms. The van der Waals surface area contributed by atoms with Gasteiger partial charge in [-0.15, -0.1) is 0 Å². The van der Waals surface area contributed by atoms with Gasteiger partial charge in [-0.3, -0.25) is 4.79 Å². The summed E-state index contributed by atoms with van der Waals surface area (Å²) in [6.07, 6.45) is 0. The highest BCUT2D eigenvalue weighted by Gasteiger charge is 2.19. The highest BCUT2D eigenvalue weighted by Crippen LogP contribution is 2.19. The minimum atomic E-state index is 0.00566. The van der Waals surface area contributed by atoms with Crippen LogP contribution < -0.4 is 10.6 Å². The Morgan fingerprint density at radius 1 is 0.947 bits per heavy atom. The van der Waals surface area contributed by atoms with Crippen LogP contribution in [-0.2, 0) is 0 Å². The van der Waals surface area contributed by atoms with Gasteiger partial charge in [-0.05, 0) is 23.3 Å². The molecular formula is C16H16N2O. The van der Waals surface area contributed by atoms with Gasteiger partial charge in [-0.25, -0.2) is 0 Å². The lowest BCUT2D eigenvalue weighted by Gasteiger charge is -2.27. The standard InChI is InChI=1S/C16H16N2O/c19-16(18-15-10-17-11-15)14-8-6-13(7-9-14)12-4-2-1-3-5-12/h1-9,15,17H,10-11H2,(H,18,19). The average molecular weight is 252 g/mol. The van der Waals surface area contributed by atoms with Gasteiger partial charge in [0.2, 0.25) is 0 Å². The summed E-state index contributed by atoms with van der Waals surface area (Å²) in [5.74, 6) is 0.00566. The van der Waals surface area contributed by atoms with Gasteiger partial charge in [0.1, 0.15) is 0 Å². The van der Waals surface area contributed by atoms with Crippen LogP contribution in [0.2, 0.25) is 0 Å². The molecule has 0 atom stereocenters. The summed E-state index contributed by atoms with van der Waals surface area (Å²) in [6, 6.07) is 18.2. The van der Waals surface area contributed by atoms with E-state index in [-0.39, 0.29) is 11.9 Å². The maximum atomic E-state index is 12.0. The highest BCUT2D eigenvalue weighted by molar-refractivity contribution is 5.95. The van der Waals surface area contributed by atoms with Crippen molar-refractivity contribution in [3.63, 3.8) is 0 Å². The van der Waals surface area contributed by atoms with Crippen LogP contribution in [0.5, 0.6) is 0 Å². The predicted molar refractivity (Wildman–Crippen MR) is 76.0 cm³/mol. The van der Waals surface area contributed by atoms with Crippen LogP contribution in [-0.4, -0.2) is 25.0 Å². The van der Waals surface area contributed by atoms with Gasteiger partial charge in [-0.1, -0.05) is 42.5 Å². The van der Waals surface area contributed by atoms with Crippen LogP contribution >= 0.6 is 0 Å². The number of carbonyl (C=O) groups excluding carboxylic acids is 1. The molecule has 1 aliphatic heterocycles. The molecule has 3 heteroatoms. The fraction of sp³-hybridized carbons (Fsp3) is 0.188. The molecule has 0 bridgehead atoms. The third-order valence-corrected chi connectivity index (χ3v) is 3.37. The van der Waals surface area contributed by atoms with Gasteiger partial charge >= 0.3 is 0 Å². The maximum Gasteiger partial charge on any atom is 0.251 e. The van der Waals surface area contributed by atoms with E-state index in [1.165, 1.54) is 0 Å². The zero-order valence-electron chi connectivity index (χ0n) is 10.6. The van der Waals surface area contributed by atoms with E-state index in [1.807, 2.05) is 42.5 Å². The number of hydrogen-bond acceptors (Lipinski definition) is 2. The molecular weight excluding hydrogens is 236 g/mol. The number of rotatable bonds is 3. The molecule has 0 radical (unpaired) electrons. The van der Waals surface area contributed by atoms with E-state index in [4.69, 9.17) is 0 Å². The van der Waals surface area contributed by atoms with Crippen LogP contribution in [0, 0.1) is 0 Å². The van der Waals surface area contributed by atoms with Crippen LogP contribution in [0.15, 0.2) is 54.6 Å². The molecule has 1 fully saturated rings. The minimum Gasteiger partial charge on any atom is -0.347 e. The third kappa shape index (κ3) is 2.66. The lowest BCUT2D eigenvalue weighted by atomic mass is 10.0. The zero-order chi connectivity index (χ0) is 13.1. The van der Waals surface area contributed by atoms with Gasteiger partial charge in [0, 0.05) is 18.7 Å². The van der Waals surface area contributed by atoms with Gasteiger partial charge < -0.3 is 10.6 Å². The zero-order valence-corrected chi connectivity index (χ0v) is 10.6. The number of nitrogens with one attached hydrogen (secondary N) is 2. The van der Waals surface area contributed by atoms with Crippen molar-refractivity contribution in [2.75, 3.05) is 13.1 Å². The summed E-state index contributed by atoms with van der Waals surface area (Å²) < 4.78 is 0. The van der Waals surface area contributed by atoms with Crippen molar-refractivity contribution in [2.45, 2.75) is 6.04 Å². The second kappa shape index (κ2) is 5.24. The van der Waals surface area contributed by atoms with Gasteiger partial charge in [0.05, 0.1) is 6.04 Å². The van der Waals surface area contributed by atoms with E-state index < -0.39 is 0 Å². The lowest BCUT2D eigenvalue weighted by Crippen LogP contribution is -2.56. The number of carbonyl (C=O) groups is 1. The molecule has 1 heterocycles. The molecule has 2 N–H and O–H groups in total. The molecule has 1 saturated heterocycles. The third-order valence-electron chi connectivity index (χ3n) is 3.37. The summed E-state index contributed by atoms with van der Waals surface area (Å²) in [5, 5.41) is 6.12. The molecule has 96 valence electrons. The van der Waals surface area contributed by atoms with E-state index in [9.17, 15) is 4.79 Å². The second-order valence-electron chi connectivity index (χ2n) is 4.77. The Labute approximate surface area is 112 Å². The molecule has 0 saturated carbocycles. The Hall–Kier alpha value is -2.13. The molecule has 0 aliphatic carbocycles. The van der Waals surface area contributed by atoms with Gasteiger partial charge in [-0.2, -0.15) is 0 Å². The van der Waals surface area contributed by atoms with Crippen molar-refractivity contribution >= 4 is 5.91 Å². The van der Waals surface area contributed by atoms with E-state index in [0.29, 0.717) is 5.56 Å². The largest absolute Gasteiger partial charge is 0.347 e. The Bertz CT molecular complexity index is 559. The number of benzene rings is 2. The Morgan fingerprint density at radius 2 is 1.58 bits per heavy atom. The van der Waals surface area contributed by atoms with Gasteiger partial charge in [0.25, 0.3) is 5.91 Å². The van der Waals surface area contributed by atoms with Crippen molar-refractivity contribution in [1.82, 2.24) is 10.6 Å². The van der Waals surface area contributed by atoms with E-state index >= 15 is 0 Å². The first-order valence-corrected chi connectivity index (χ1v) is 6.50. The molecule has 19 heavy (non-hydrogen) atoms. The minimum absolute atomic E-state index is 0.00566. The monoisotopic (exact) mass is 252 g/mol. The quantitative estimate of drug-likeness (QED) is 0.878. The van der Waals surface area contributed by atoms with Crippen LogP contribution in [0.1, 0.15) is 10.4 Å². The van der Waals surface area contributed by atoms with Crippen molar-refractivity contribution in [1.29, 1.82) is 0 Å². The Morgan fingerprint density at radius 3 is 2.16 bits per heavy atom. The van der Waals surface area contributed by atoms with Gasteiger partial charge in [0.15, 0.2) is 0 Å². The lowest BCUT2D eigenvalue weighted by molar-refractivity contribution is 0.0924. The number of amides is 1. The van der Waals surface area contributed by atoms with E-state index in [2.05, 4.69) is 22.8 Å². The topological polar surface area (TPSA) is 41.1 Å². The second-order valence-corrected chi connectivity index (χ2v) is 4.77. The first kappa shape index (κ1) is 11.9. The first-order chi connectivity index (χ1) is 9.33. The smallest absolute Gasteiger partial charge is 0.251 e. The molecule has 2 aromatic rings. The SMILES string of the molecule is O=C(NC1CNC1)c1ccc(-c2ccccc2)cc1. The molecule has 0 aromatic heterocycles. The van der Waals surface area contributed by atoms with Crippen molar-refractivity contribution in [3.05, 3.63) is 60.2 Å². The van der Waals surface area contributed by atoms with Crippen molar-refractivity contribution in [2.24, 2.45) is 0 Å². The molecule has 3 nitrogen and oxygen atoms in total. The van der Waals surface area contributed by atoms with Crippen LogP contribution in [0.3, 0.4) is 0 Å². The number of hydrogen-bond donors (Lipinski definition) is 2. The van der Waals surface area contributed by atoms with E-state index in [0.717, 1.165) is 24.2 Å². The highest BCUT2D eigenvalue weighted by atomic mass is 16.1. The summed E-state index contributed by atoms with van der Waals surface area (Å²) in [6.45, 7) is 1.74. The summed E-state index contributed by atoms with van der Waals surface area (Å²) in [5.41, 5.74) is 3.01. The molecule has 3 rings (SSSR count). The maximum absolute atomic E-state index is 12.0. The van der Waals surface area contributed by atoms with Crippen molar-refractivity contribution < 1.29 is 4.79 Å². The van der Waals surface area contributed by atoms with Crippen molar-refractivity contribution in [3.8, 4) is 11.1 Å². The Balaban J connectivity index is 1.73. The van der Waals surface area contributed by atoms with Crippen LogP contribution in [0.4, 0.5) is 0 Å². The van der Waals surface area contributed by atoms with E-state index in [1.54, 1.807) is 0 Å². The molecule has 1 aliphatic rings. The summed E-state index contributed by atoms with van der Waals surface area (Å²) >= 11 is 0.